The third-order valence-electron chi connectivity index (χ3n) is 3.89. The van der Waals surface area contributed by atoms with Crippen LogP contribution in [-0.2, 0) is 4.79 Å². The SMILES string of the molecule is CC1CN(C(=O)COc2ccc(Oc3ccccc3)cc2)CCN1. The quantitative estimate of drug-likeness (QED) is 0.918. The van der Waals surface area contributed by atoms with Crippen molar-refractivity contribution in [3.63, 3.8) is 0 Å². The summed E-state index contributed by atoms with van der Waals surface area (Å²) < 4.78 is 11.3. The molecule has 0 spiro atoms. The minimum atomic E-state index is 0.0213. The molecule has 1 aliphatic rings. The van der Waals surface area contributed by atoms with Gasteiger partial charge in [-0.3, -0.25) is 4.79 Å². The van der Waals surface area contributed by atoms with Crippen LogP contribution in [0.25, 0.3) is 0 Å². The second-order valence-corrected chi connectivity index (χ2v) is 5.87. The molecule has 0 aliphatic carbocycles. The molecule has 1 atom stereocenters. The summed E-state index contributed by atoms with van der Waals surface area (Å²) in [6, 6.07) is 17.2. The molecule has 3 rings (SSSR count). The van der Waals surface area contributed by atoms with Gasteiger partial charge in [-0.15, -0.1) is 0 Å². The summed E-state index contributed by atoms with van der Waals surface area (Å²) in [7, 11) is 0. The average Bonchev–Trinajstić information content (AvgIpc) is 2.62. The van der Waals surface area contributed by atoms with Gasteiger partial charge in [0.05, 0.1) is 0 Å². The Balaban J connectivity index is 1.50. The molecule has 0 bridgehead atoms. The van der Waals surface area contributed by atoms with Crippen molar-refractivity contribution in [3.8, 4) is 17.2 Å². The Morgan fingerprint density at radius 2 is 1.75 bits per heavy atom. The fourth-order valence-electron chi connectivity index (χ4n) is 2.62. The van der Waals surface area contributed by atoms with Gasteiger partial charge >= 0.3 is 0 Å². The van der Waals surface area contributed by atoms with E-state index in [0.717, 1.165) is 31.1 Å². The highest BCUT2D eigenvalue weighted by Crippen LogP contribution is 2.23. The molecule has 1 unspecified atom stereocenters. The first kappa shape index (κ1) is 16.3. The summed E-state index contributed by atoms with van der Waals surface area (Å²) in [5.41, 5.74) is 0. The van der Waals surface area contributed by atoms with E-state index >= 15 is 0 Å². The van der Waals surface area contributed by atoms with E-state index in [1.807, 2.05) is 59.5 Å². The topological polar surface area (TPSA) is 50.8 Å². The van der Waals surface area contributed by atoms with Gasteiger partial charge in [0.25, 0.3) is 5.91 Å². The van der Waals surface area contributed by atoms with Crippen LogP contribution in [0.4, 0.5) is 0 Å². The van der Waals surface area contributed by atoms with Crippen molar-refractivity contribution < 1.29 is 14.3 Å². The third-order valence-corrected chi connectivity index (χ3v) is 3.89. The van der Waals surface area contributed by atoms with Gasteiger partial charge < -0.3 is 19.7 Å². The maximum absolute atomic E-state index is 12.2. The number of rotatable bonds is 5. The van der Waals surface area contributed by atoms with Crippen LogP contribution in [0.1, 0.15) is 6.92 Å². The number of nitrogens with one attached hydrogen (secondary N) is 1. The summed E-state index contributed by atoms with van der Waals surface area (Å²) in [5, 5.41) is 3.32. The Kier molecular flexibility index (Phi) is 5.33. The first-order chi connectivity index (χ1) is 11.7. The standard InChI is InChI=1S/C19H22N2O3/c1-15-13-21(12-11-20-15)19(22)14-23-16-7-9-18(10-8-16)24-17-5-3-2-4-6-17/h2-10,15,20H,11-14H2,1H3. The van der Waals surface area contributed by atoms with Crippen LogP contribution in [0.2, 0.25) is 0 Å². The number of carbonyl (C=O) groups is 1. The number of nitrogens with zero attached hydrogens (tertiary/aromatic N) is 1. The maximum atomic E-state index is 12.2. The van der Waals surface area contributed by atoms with Crippen molar-refractivity contribution >= 4 is 5.91 Å². The largest absolute Gasteiger partial charge is 0.484 e. The highest BCUT2D eigenvalue weighted by molar-refractivity contribution is 5.78. The number of amides is 1. The van der Waals surface area contributed by atoms with Gasteiger partial charge in [-0.25, -0.2) is 0 Å². The smallest absolute Gasteiger partial charge is 0.260 e. The normalized spacial score (nSPS) is 17.4. The summed E-state index contributed by atoms with van der Waals surface area (Å²) in [5.74, 6) is 2.20. The fourth-order valence-corrected chi connectivity index (χ4v) is 2.62. The van der Waals surface area contributed by atoms with Crippen LogP contribution in [-0.4, -0.2) is 43.1 Å². The van der Waals surface area contributed by atoms with Gasteiger partial charge in [0, 0.05) is 25.7 Å². The number of ether oxygens (including phenoxy) is 2. The lowest BCUT2D eigenvalue weighted by Gasteiger charge is -2.31. The number of para-hydroxylation sites is 1. The molecule has 0 aromatic heterocycles. The van der Waals surface area contributed by atoms with Crippen LogP contribution in [0.15, 0.2) is 54.6 Å². The Morgan fingerprint density at radius 1 is 1.08 bits per heavy atom. The molecule has 5 heteroatoms. The molecule has 1 amide bonds. The van der Waals surface area contributed by atoms with Crippen molar-refractivity contribution in [3.05, 3.63) is 54.6 Å². The van der Waals surface area contributed by atoms with Gasteiger partial charge in [-0.2, -0.15) is 0 Å². The van der Waals surface area contributed by atoms with E-state index in [9.17, 15) is 4.79 Å². The summed E-state index contributed by atoms with van der Waals surface area (Å²) in [4.78, 5) is 14.0. The number of hydrogen-bond acceptors (Lipinski definition) is 4. The van der Waals surface area contributed by atoms with Crippen molar-refractivity contribution in [2.24, 2.45) is 0 Å². The zero-order valence-corrected chi connectivity index (χ0v) is 13.8. The van der Waals surface area contributed by atoms with Crippen molar-refractivity contribution in [1.29, 1.82) is 0 Å². The van der Waals surface area contributed by atoms with Crippen LogP contribution in [0.3, 0.4) is 0 Å². The van der Waals surface area contributed by atoms with Crippen molar-refractivity contribution in [2.75, 3.05) is 26.2 Å². The average molecular weight is 326 g/mol. The molecule has 2 aromatic carbocycles. The number of benzene rings is 2. The van der Waals surface area contributed by atoms with E-state index in [-0.39, 0.29) is 12.5 Å². The Morgan fingerprint density at radius 3 is 2.46 bits per heavy atom. The summed E-state index contributed by atoms with van der Waals surface area (Å²) in [6.45, 7) is 4.43. The van der Waals surface area contributed by atoms with E-state index in [2.05, 4.69) is 12.2 Å². The predicted molar refractivity (Wildman–Crippen MR) is 92.5 cm³/mol. The molecule has 126 valence electrons. The first-order valence-electron chi connectivity index (χ1n) is 8.17. The van der Waals surface area contributed by atoms with Crippen molar-refractivity contribution in [1.82, 2.24) is 10.2 Å². The van der Waals surface area contributed by atoms with Gasteiger partial charge in [-0.05, 0) is 43.3 Å². The molecule has 1 heterocycles. The molecule has 1 fully saturated rings. The van der Waals surface area contributed by atoms with E-state index in [0.29, 0.717) is 11.8 Å². The molecular formula is C19H22N2O3. The Bertz CT molecular complexity index is 658. The minimum absolute atomic E-state index is 0.0213. The maximum Gasteiger partial charge on any atom is 0.260 e. The van der Waals surface area contributed by atoms with E-state index in [4.69, 9.17) is 9.47 Å². The number of carbonyl (C=O) groups excluding carboxylic acids is 1. The Hall–Kier alpha value is -2.53. The minimum Gasteiger partial charge on any atom is -0.484 e. The Labute approximate surface area is 142 Å². The number of hydrogen-bond donors (Lipinski definition) is 1. The lowest BCUT2D eigenvalue weighted by atomic mass is 10.2. The highest BCUT2D eigenvalue weighted by Gasteiger charge is 2.20. The van der Waals surface area contributed by atoms with Crippen molar-refractivity contribution in [2.45, 2.75) is 13.0 Å². The lowest BCUT2D eigenvalue weighted by molar-refractivity contribution is -0.134. The van der Waals surface area contributed by atoms with Crippen LogP contribution in [0, 0.1) is 0 Å². The monoisotopic (exact) mass is 326 g/mol. The molecule has 5 nitrogen and oxygen atoms in total. The van der Waals surface area contributed by atoms with Crippen LogP contribution < -0.4 is 14.8 Å². The number of piperazine rings is 1. The molecule has 1 saturated heterocycles. The summed E-state index contributed by atoms with van der Waals surface area (Å²) in [6.07, 6.45) is 0. The molecule has 0 radical (unpaired) electrons. The zero-order valence-electron chi connectivity index (χ0n) is 13.8. The van der Waals surface area contributed by atoms with Gasteiger partial charge in [0.2, 0.25) is 0 Å². The molecule has 0 saturated carbocycles. The van der Waals surface area contributed by atoms with Gasteiger partial charge in [0.1, 0.15) is 17.2 Å². The zero-order chi connectivity index (χ0) is 16.8. The summed E-state index contributed by atoms with van der Waals surface area (Å²) >= 11 is 0. The van der Waals surface area contributed by atoms with E-state index in [1.165, 1.54) is 0 Å². The molecular weight excluding hydrogens is 304 g/mol. The molecule has 1 aliphatic heterocycles. The molecule has 1 N–H and O–H groups in total. The van der Waals surface area contributed by atoms with E-state index < -0.39 is 0 Å². The fraction of sp³-hybridized carbons (Fsp3) is 0.316. The molecule has 24 heavy (non-hydrogen) atoms. The van der Waals surface area contributed by atoms with Crippen LogP contribution in [0.5, 0.6) is 17.2 Å². The van der Waals surface area contributed by atoms with E-state index in [1.54, 1.807) is 0 Å². The lowest BCUT2D eigenvalue weighted by Crippen LogP contribution is -2.52. The third kappa shape index (κ3) is 4.49. The highest BCUT2D eigenvalue weighted by atomic mass is 16.5. The van der Waals surface area contributed by atoms with Gasteiger partial charge in [0.15, 0.2) is 6.61 Å². The second-order valence-electron chi connectivity index (χ2n) is 5.87. The first-order valence-corrected chi connectivity index (χ1v) is 8.17. The second kappa shape index (κ2) is 7.84. The van der Waals surface area contributed by atoms with Gasteiger partial charge in [-0.1, -0.05) is 18.2 Å². The predicted octanol–water partition coefficient (Wildman–Crippen LogP) is 2.68. The van der Waals surface area contributed by atoms with Crippen LogP contribution >= 0.6 is 0 Å². The molecule has 2 aromatic rings.